The number of hydrogen-bond acceptors (Lipinski definition) is 3. The molecule has 0 radical (unpaired) electrons. The SMILES string of the molecule is Cn1ccc(CCC(=O)NC2(CNC(=O)CC3CC4(CC4)CO3)CC2)c1. The van der Waals surface area contributed by atoms with Crippen LogP contribution in [-0.2, 0) is 27.8 Å². The third-order valence-corrected chi connectivity index (χ3v) is 6.07. The van der Waals surface area contributed by atoms with Crippen LogP contribution in [0.2, 0.25) is 0 Å². The van der Waals surface area contributed by atoms with E-state index >= 15 is 0 Å². The van der Waals surface area contributed by atoms with Gasteiger partial charge in [0.2, 0.25) is 11.8 Å². The fourth-order valence-corrected chi connectivity index (χ4v) is 3.92. The molecule has 6 heteroatoms. The molecule has 1 saturated heterocycles. The third kappa shape index (κ3) is 4.29. The maximum Gasteiger partial charge on any atom is 0.222 e. The van der Waals surface area contributed by atoms with E-state index in [1.807, 2.05) is 30.1 Å². The number of carbonyl (C=O) groups is 2. The van der Waals surface area contributed by atoms with Gasteiger partial charge in [-0.3, -0.25) is 9.59 Å². The number of carbonyl (C=O) groups excluding carboxylic acids is 2. The van der Waals surface area contributed by atoms with Gasteiger partial charge < -0.3 is 19.9 Å². The molecule has 2 aliphatic carbocycles. The van der Waals surface area contributed by atoms with Gasteiger partial charge in [-0.1, -0.05) is 0 Å². The van der Waals surface area contributed by atoms with Crippen LogP contribution >= 0.6 is 0 Å². The highest BCUT2D eigenvalue weighted by Gasteiger charge is 2.50. The molecule has 3 aliphatic rings. The van der Waals surface area contributed by atoms with E-state index in [1.165, 1.54) is 18.4 Å². The number of amides is 2. The largest absolute Gasteiger partial charge is 0.377 e. The topological polar surface area (TPSA) is 72.4 Å². The van der Waals surface area contributed by atoms with Crippen LogP contribution in [0.3, 0.4) is 0 Å². The van der Waals surface area contributed by atoms with Crippen LogP contribution in [0, 0.1) is 5.41 Å². The summed E-state index contributed by atoms with van der Waals surface area (Å²) in [5.41, 5.74) is 1.36. The molecule has 1 unspecified atom stereocenters. The van der Waals surface area contributed by atoms with Crippen molar-refractivity contribution in [3.05, 3.63) is 24.0 Å². The van der Waals surface area contributed by atoms with Crippen molar-refractivity contribution in [2.24, 2.45) is 12.5 Å². The van der Waals surface area contributed by atoms with Crippen LogP contribution in [-0.4, -0.2) is 41.2 Å². The molecule has 3 fully saturated rings. The summed E-state index contributed by atoms with van der Waals surface area (Å²) in [6.45, 7) is 1.35. The monoisotopic (exact) mass is 359 g/mol. The van der Waals surface area contributed by atoms with Gasteiger partial charge in [0.15, 0.2) is 0 Å². The van der Waals surface area contributed by atoms with Crippen molar-refractivity contribution in [2.45, 2.75) is 63.0 Å². The summed E-state index contributed by atoms with van der Waals surface area (Å²) in [4.78, 5) is 24.4. The zero-order chi connectivity index (χ0) is 18.2. The first-order valence-corrected chi connectivity index (χ1v) is 9.76. The summed E-state index contributed by atoms with van der Waals surface area (Å²) < 4.78 is 7.75. The van der Waals surface area contributed by atoms with Crippen molar-refractivity contribution < 1.29 is 14.3 Å². The average molecular weight is 359 g/mol. The van der Waals surface area contributed by atoms with Gasteiger partial charge in [-0.25, -0.2) is 0 Å². The highest BCUT2D eigenvalue weighted by atomic mass is 16.5. The van der Waals surface area contributed by atoms with Crippen LogP contribution < -0.4 is 10.6 Å². The summed E-state index contributed by atoms with van der Waals surface area (Å²) in [6.07, 6.45) is 11.2. The number of nitrogens with one attached hydrogen (secondary N) is 2. The van der Waals surface area contributed by atoms with Crippen molar-refractivity contribution in [2.75, 3.05) is 13.2 Å². The summed E-state index contributed by atoms with van der Waals surface area (Å²) in [5.74, 6) is 0.105. The van der Waals surface area contributed by atoms with Gasteiger partial charge in [-0.05, 0) is 55.6 Å². The molecule has 26 heavy (non-hydrogen) atoms. The smallest absolute Gasteiger partial charge is 0.222 e. The van der Waals surface area contributed by atoms with Gasteiger partial charge in [0.25, 0.3) is 0 Å². The molecule has 1 spiro atoms. The lowest BCUT2D eigenvalue weighted by Gasteiger charge is -2.19. The molecule has 6 nitrogen and oxygen atoms in total. The molecular formula is C20H29N3O3. The zero-order valence-electron chi connectivity index (χ0n) is 15.6. The van der Waals surface area contributed by atoms with E-state index in [-0.39, 0.29) is 23.5 Å². The summed E-state index contributed by atoms with van der Waals surface area (Å²) in [6, 6.07) is 2.04. The molecule has 1 aromatic rings. The Balaban J connectivity index is 1.16. The second kappa shape index (κ2) is 6.72. The molecule has 0 bridgehead atoms. The molecule has 4 rings (SSSR count). The highest BCUT2D eigenvalue weighted by Crippen LogP contribution is 2.54. The van der Waals surface area contributed by atoms with Crippen LogP contribution in [0.5, 0.6) is 0 Å². The first-order chi connectivity index (χ1) is 12.5. The molecule has 2 heterocycles. The first kappa shape index (κ1) is 17.6. The average Bonchev–Trinajstić information content (AvgIpc) is 3.45. The van der Waals surface area contributed by atoms with Gasteiger partial charge in [-0.2, -0.15) is 0 Å². The van der Waals surface area contributed by atoms with Crippen LogP contribution in [0.4, 0.5) is 0 Å². The lowest BCUT2D eigenvalue weighted by Crippen LogP contribution is -2.46. The summed E-state index contributed by atoms with van der Waals surface area (Å²) >= 11 is 0. The van der Waals surface area contributed by atoms with E-state index in [2.05, 4.69) is 10.6 Å². The van der Waals surface area contributed by atoms with Crippen LogP contribution in [0.15, 0.2) is 18.5 Å². The lowest BCUT2D eigenvalue weighted by molar-refractivity contribution is -0.125. The Labute approximate surface area is 154 Å². The Morgan fingerprint density at radius 2 is 2.08 bits per heavy atom. The maximum atomic E-state index is 12.2. The number of rotatable bonds is 8. The van der Waals surface area contributed by atoms with E-state index in [1.54, 1.807) is 0 Å². The van der Waals surface area contributed by atoms with E-state index in [0.29, 0.717) is 24.8 Å². The number of nitrogens with zero attached hydrogens (tertiary/aromatic N) is 1. The minimum atomic E-state index is -0.225. The minimum Gasteiger partial charge on any atom is -0.377 e. The van der Waals surface area contributed by atoms with Gasteiger partial charge >= 0.3 is 0 Å². The fraction of sp³-hybridized carbons (Fsp3) is 0.700. The Kier molecular flexibility index (Phi) is 4.55. The number of aromatic nitrogens is 1. The van der Waals surface area contributed by atoms with Crippen molar-refractivity contribution in [3.63, 3.8) is 0 Å². The second-order valence-electron chi connectivity index (χ2n) is 8.63. The van der Waals surface area contributed by atoms with E-state index in [4.69, 9.17) is 4.74 Å². The molecule has 0 aromatic carbocycles. The lowest BCUT2D eigenvalue weighted by atomic mass is 10.0. The normalized spacial score (nSPS) is 24.4. The van der Waals surface area contributed by atoms with Crippen LogP contribution in [0.25, 0.3) is 0 Å². The molecule has 142 valence electrons. The van der Waals surface area contributed by atoms with Gasteiger partial charge in [-0.15, -0.1) is 0 Å². The summed E-state index contributed by atoms with van der Waals surface area (Å²) in [7, 11) is 1.98. The van der Waals surface area contributed by atoms with Crippen LogP contribution in [0.1, 0.15) is 50.5 Å². The number of ether oxygens (including phenoxy) is 1. The standard InChI is InChI=1S/C20H29N3O3/c1-23-9-4-15(12-23)2-3-17(24)22-20(7-8-20)13-21-18(25)10-16-11-19(5-6-19)14-26-16/h4,9,12,16H,2-3,5-8,10-11,13-14H2,1H3,(H,21,25)(H,22,24). The van der Waals surface area contributed by atoms with Gasteiger partial charge in [0.05, 0.1) is 24.7 Å². The minimum absolute atomic E-state index is 0.0394. The molecule has 2 N–H and O–H groups in total. The molecular weight excluding hydrogens is 330 g/mol. The zero-order valence-corrected chi connectivity index (χ0v) is 15.6. The van der Waals surface area contributed by atoms with E-state index in [0.717, 1.165) is 32.3 Å². The van der Waals surface area contributed by atoms with Crippen molar-refractivity contribution in [3.8, 4) is 0 Å². The third-order valence-electron chi connectivity index (χ3n) is 6.07. The predicted octanol–water partition coefficient (Wildman–Crippen LogP) is 1.68. The molecule has 2 amide bonds. The molecule has 2 saturated carbocycles. The van der Waals surface area contributed by atoms with Gasteiger partial charge in [0, 0.05) is 32.4 Å². The Bertz CT molecular complexity index is 688. The first-order valence-electron chi connectivity index (χ1n) is 9.76. The second-order valence-corrected chi connectivity index (χ2v) is 8.63. The quantitative estimate of drug-likeness (QED) is 0.742. The highest BCUT2D eigenvalue weighted by molar-refractivity contribution is 5.79. The van der Waals surface area contributed by atoms with Crippen molar-refractivity contribution in [1.82, 2.24) is 15.2 Å². The maximum absolute atomic E-state index is 12.2. The summed E-state index contributed by atoms with van der Waals surface area (Å²) in [5, 5.41) is 6.13. The van der Waals surface area contributed by atoms with Crippen molar-refractivity contribution in [1.29, 1.82) is 0 Å². The predicted molar refractivity (Wildman–Crippen MR) is 97.5 cm³/mol. The molecule has 1 atom stereocenters. The Hall–Kier alpha value is -1.82. The Morgan fingerprint density at radius 1 is 1.27 bits per heavy atom. The van der Waals surface area contributed by atoms with E-state index < -0.39 is 0 Å². The Morgan fingerprint density at radius 3 is 2.69 bits per heavy atom. The molecule has 1 aromatic heterocycles. The fourth-order valence-electron chi connectivity index (χ4n) is 3.92. The van der Waals surface area contributed by atoms with E-state index in [9.17, 15) is 9.59 Å². The number of aryl methyl sites for hydroxylation is 2. The van der Waals surface area contributed by atoms with Gasteiger partial charge in [0.1, 0.15) is 0 Å². The number of hydrogen-bond donors (Lipinski definition) is 2. The molecule has 1 aliphatic heterocycles. The van der Waals surface area contributed by atoms with Crippen molar-refractivity contribution >= 4 is 11.8 Å².